The highest BCUT2D eigenvalue weighted by molar-refractivity contribution is 7.17. The Morgan fingerprint density at radius 3 is 2.70 bits per heavy atom. The van der Waals surface area contributed by atoms with E-state index in [-0.39, 0.29) is 11.4 Å². The third kappa shape index (κ3) is 4.23. The van der Waals surface area contributed by atoms with E-state index in [1.54, 1.807) is 25.3 Å². The van der Waals surface area contributed by atoms with E-state index in [4.69, 9.17) is 16.3 Å². The van der Waals surface area contributed by atoms with Crippen LogP contribution in [0.1, 0.15) is 11.4 Å². The molecule has 0 atom stereocenters. The minimum Gasteiger partial charge on any atom is -0.496 e. The predicted molar refractivity (Wildman–Crippen MR) is 119 cm³/mol. The number of ether oxygens (including phenoxy) is 1. The summed E-state index contributed by atoms with van der Waals surface area (Å²) < 4.78 is 18.6. The fraction of sp³-hybridized carbons (Fsp3) is 0.182. The molecule has 2 heterocycles. The van der Waals surface area contributed by atoms with Crippen LogP contribution >= 0.6 is 22.9 Å². The van der Waals surface area contributed by atoms with Crippen LogP contribution in [0.4, 0.5) is 4.39 Å². The van der Waals surface area contributed by atoms with Gasteiger partial charge in [0, 0.05) is 28.1 Å². The Morgan fingerprint density at radius 1 is 1.20 bits per heavy atom. The minimum absolute atomic E-state index is 0.204. The van der Waals surface area contributed by atoms with Crippen molar-refractivity contribution in [3.05, 3.63) is 80.4 Å². The topological polar surface area (TPSA) is 58.2 Å². The maximum Gasteiger partial charge on any atom is 0.260 e. The van der Waals surface area contributed by atoms with Crippen LogP contribution in [0.5, 0.6) is 5.75 Å². The predicted octanol–water partition coefficient (Wildman–Crippen LogP) is 5.08. The van der Waals surface area contributed by atoms with E-state index in [0.717, 1.165) is 22.4 Å². The van der Waals surface area contributed by atoms with Crippen LogP contribution in [0.15, 0.2) is 52.6 Å². The summed E-state index contributed by atoms with van der Waals surface area (Å²) in [6.45, 7) is 1.03. The zero-order valence-corrected chi connectivity index (χ0v) is 18.0. The lowest BCUT2D eigenvalue weighted by Crippen LogP contribution is -2.22. The van der Waals surface area contributed by atoms with Crippen molar-refractivity contribution in [1.82, 2.24) is 14.9 Å². The van der Waals surface area contributed by atoms with Crippen LogP contribution in [-0.4, -0.2) is 29.0 Å². The average molecular weight is 444 g/mol. The molecule has 4 rings (SSSR count). The van der Waals surface area contributed by atoms with Crippen LogP contribution in [-0.2, 0) is 13.1 Å². The number of fused-ring (bicyclic) bond motifs is 1. The number of rotatable bonds is 6. The summed E-state index contributed by atoms with van der Waals surface area (Å²) in [6, 6.07) is 11.6. The molecule has 0 saturated heterocycles. The highest BCUT2D eigenvalue weighted by atomic mass is 35.5. The Hall–Kier alpha value is -2.74. The summed E-state index contributed by atoms with van der Waals surface area (Å²) in [5.41, 5.74) is 2.29. The molecule has 8 heteroatoms. The van der Waals surface area contributed by atoms with Crippen molar-refractivity contribution in [2.45, 2.75) is 13.1 Å². The highest BCUT2D eigenvalue weighted by Crippen LogP contribution is 2.31. The van der Waals surface area contributed by atoms with Gasteiger partial charge in [0.05, 0.1) is 19.0 Å². The van der Waals surface area contributed by atoms with Gasteiger partial charge in [0.25, 0.3) is 5.56 Å². The fourth-order valence-electron chi connectivity index (χ4n) is 3.38. The molecule has 2 aromatic heterocycles. The average Bonchev–Trinajstić information content (AvgIpc) is 3.13. The van der Waals surface area contributed by atoms with Gasteiger partial charge in [-0.3, -0.25) is 9.69 Å². The Labute approximate surface area is 181 Å². The van der Waals surface area contributed by atoms with Gasteiger partial charge in [-0.25, -0.2) is 9.37 Å². The molecular weight excluding hydrogens is 425 g/mol. The number of aromatic nitrogens is 2. The number of nitrogens with one attached hydrogen (secondary N) is 1. The molecule has 0 unspecified atom stereocenters. The SMILES string of the molecule is COc1ccc(Cl)cc1CN(C)Cc1nc2scc(-c3ccc(F)cc3)c2c(=O)[nH]1. The first kappa shape index (κ1) is 20.5. The molecular formula is C22H19ClFN3O2S. The molecule has 0 radical (unpaired) electrons. The van der Waals surface area contributed by atoms with Gasteiger partial charge in [0.15, 0.2) is 0 Å². The molecule has 0 bridgehead atoms. The molecule has 0 amide bonds. The molecule has 30 heavy (non-hydrogen) atoms. The second kappa shape index (κ2) is 8.55. The number of methoxy groups -OCH3 is 1. The van der Waals surface area contributed by atoms with Gasteiger partial charge in [0.2, 0.25) is 0 Å². The van der Waals surface area contributed by atoms with E-state index < -0.39 is 0 Å². The van der Waals surface area contributed by atoms with E-state index >= 15 is 0 Å². The molecule has 0 spiro atoms. The van der Waals surface area contributed by atoms with Gasteiger partial charge < -0.3 is 9.72 Å². The molecule has 0 aliphatic heterocycles. The van der Waals surface area contributed by atoms with Crippen LogP contribution in [0.25, 0.3) is 21.3 Å². The fourth-order valence-corrected chi connectivity index (χ4v) is 4.54. The van der Waals surface area contributed by atoms with Crippen molar-refractivity contribution in [3.63, 3.8) is 0 Å². The Bertz CT molecular complexity index is 1250. The zero-order valence-electron chi connectivity index (χ0n) is 16.4. The van der Waals surface area contributed by atoms with Crippen LogP contribution in [0, 0.1) is 5.82 Å². The smallest absolute Gasteiger partial charge is 0.260 e. The third-order valence-corrected chi connectivity index (χ3v) is 5.86. The van der Waals surface area contributed by atoms with Gasteiger partial charge >= 0.3 is 0 Å². The first-order chi connectivity index (χ1) is 14.4. The third-order valence-electron chi connectivity index (χ3n) is 4.75. The van der Waals surface area contributed by atoms with Crippen molar-refractivity contribution < 1.29 is 9.13 Å². The molecule has 0 aliphatic rings. The molecule has 1 N–H and O–H groups in total. The number of nitrogens with zero attached hydrogens (tertiary/aromatic N) is 2. The van der Waals surface area contributed by atoms with Crippen molar-refractivity contribution in [2.24, 2.45) is 0 Å². The Balaban J connectivity index is 1.59. The molecule has 154 valence electrons. The summed E-state index contributed by atoms with van der Waals surface area (Å²) >= 11 is 7.51. The normalized spacial score (nSPS) is 11.4. The minimum atomic E-state index is -0.313. The molecule has 2 aromatic carbocycles. The van der Waals surface area contributed by atoms with Crippen molar-refractivity contribution in [2.75, 3.05) is 14.2 Å². The summed E-state index contributed by atoms with van der Waals surface area (Å²) in [7, 11) is 3.55. The molecule has 5 nitrogen and oxygen atoms in total. The van der Waals surface area contributed by atoms with Gasteiger partial charge in [-0.1, -0.05) is 23.7 Å². The van der Waals surface area contributed by atoms with E-state index in [0.29, 0.717) is 34.2 Å². The summed E-state index contributed by atoms with van der Waals surface area (Å²) in [5, 5.41) is 3.04. The lowest BCUT2D eigenvalue weighted by atomic mass is 10.1. The van der Waals surface area contributed by atoms with Gasteiger partial charge in [-0.15, -0.1) is 11.3 Å². The van der Waals surface area contributed by atoms with Crippen molar-refractivity contribution in [1.29, 1.82) is 0 Å². The second-order valence-electron chi connectivity index (χ2n) is 6.98. The van der Waals surface area contributed by atoms with Crippen molar-refractivity contribution in [3.8, 4) is 16.9 Å². The van der Waals surface area contributed by atoms with Crippen LogP contribution < -0.4 is 10.3 Å². The number of aromatic amines is 1. The number of hydrogen-bond acceptors (Lipinski definition) is 5. The number of halogens is 2. The summed E-state index contributed by atoms with van der Waals surface area (Å²) in [6.07, 6.45) is 0. The van der Waals surface area contributed by atoms with E-state index in [9.17, 15) is 9.18 Å². The summed E-state index contributed by atoms with van der Waals surface area (Å²) in [4.78, 5) is 23.0. The van der Waals surface area contributed by atoms with Gasteiger partial charge in [-0.05, 0) is 42.9 Å². The summed E-state index contributed by atoms with van der Waals surface area (Å²) in [5.74, 6) is 1.01. The quantitative estimate of drug-likeness (QED) is 0.451. The second-order valence-corrected chi connectivity index (χ2v) is 8.27. The largest absolute Gasteiger partial charge is 0.496 e. The molecule has 0 fully saturated rings. The molecule has 0 aliphatic carbocycles. The first-order valence-corrected chi connectivity index (χ1v) is 10.5. The molecule has 4 aromatic rings. The van der Waals surface area contributed by atoms with Gasteiger partial charge in [-0.2, -0.15) is 0 Å². The lowest BCUT2D eigenvalue weighted by Gasteiger charge is -2.18. The van der Waals surface area contributed by atoms with E-state index in [1.807, 2.05) is 29.5 Å². The van der Waals surface area contributed by atoms with Gasteiger partial charge in [0.1, 0.15) is 22.2 Å². The van der Waals surface area contributed by atoms with Crippen LogP contribution in [0.2, 0.25) is 5.02 Å². The Kier molecular flexibility index (Phi) is 5.85. The number of hydrogen-bond donors (Lipinski definition) is 1. The standard InChI is InChI=1S/C22H19ClFN3O2S/c1-27(10-14-9-15(23)5-8-18(14)29-2)11-19-25-21(28)20-17(12-30-22(20)26-19)13-3-6-16(24)7-4-13/h3-9,12H,10-11H2,1-2H3,(H,25,26,28). The monoisotopic (exact) mass is 443 g/mol. The molecule has 0 saturated carbocycles. The maximum absolute atomic E-state index is 13.2. The zero-order chi connectivity index (χ0) is 21.3. The van der Waals surface area contributed by atoms with E-state index in [2.05, 4.69) is 9.97 Å². The Morgan fingerprint density at radius 2 is 1.97 bits per heavy atom. The highest BCUT2D eigenvalue weighted by Gasteiger charge is 2.15. The number of H-pyrrole nitrogens is 1. The maximum atomic E-state index is 13.2. The number of benzene rings is 2. The first-order valence-electron chi connectivity index (χ1n) is 9.22. The number of thiophene rings is 1. The lowest BCUT2D eigenvalue weighted by molar-refractivity contribution is 0.303. The van der Waals surface area contributed by atoms with E-state index in [1.165, 1.54) is 23.5 Å². The van der Waals surface area contributed by atoms with Crippen molar-refractivity contribution >= 4 is 33.2 Å². The van der Waals surface area contributed by atoms with Crippen LogP contribution in [0.3, 0.4) is 0 Å².